The first kappa shape index (κ1) is 16.5. The molecule has 1 aromatic carbocycles. The number of nitrogens with one attached hydrogen (secondary N) is 1. The fraction of sp³-hybridized carbons (Fsp3) is 0.190. The molecule has 128 valence electrons. The molecular weight excluding hydrogens is 342 g/mol. The Hall–Kier alpha value is -2.97. The first-order valence-electron chi connectivity index (χ1n) is 8.63. The SMILES string of the molecule is N#Cc1c(NC(=O)C[n+]2cccc(-c3ccccc3)c2)sc2c1CCC2. The van der Waals surface area contributed by atoms with E-state index in [2.05, 4.69) is 11.4 Å². The third-order valence-corrected chi connectivity index (χ3v) is 5.78. The number of nitriles is 1. The summed E-state index contributed by atoms with van der Waals surface area (Å²) in [6, 6.07) is 16.3. The number of rotatable bonds is 4. The average molecular weight is 360 g/mol. The molecule has 0 bridgehead atoms. The summed E-state index contributed by atoms with van der Waals surface area (Å²) in [5, 5.41) is 13.1. The minimum absolute atomic E-state index is 0.114. The molecule has 5 heteroatoms. The summed E-state index contributed by atoms with van der Waals surface area (Å²) in [6.07, 6.45) is 6.91. The topological polar surface area (TPSA) is 56.8 Å². The van der Waals surface area contributed by atoms with Crippen molar-refractivity contribution >= 4 is 22.2 Å². The second-order valence-electron chi connectivity index (χ2n) is 6.35. The van der Waals surface area contributed by atoms with Gasteiger partial charge in [-0.2, -0.15) is 9.83 Å². The smallest absolute Gasteiger partial charge is 0.290 e. The number of fused-ring (bicyclic) bond motifs is 1. The van der Waals surface area contributed by atoms with Gasteiger partial charge >= 0.3 is 0 Å². The first-order valence-corrected chi connectivity index (χ1v) is 9.45. The lowest BCUT2D eigenvalue weighted by molar-refractivity contribution is -0.683. The number of nitrogens with zero attached hydrogens (tertiary/aromatic N) is 2. The van der Waals surface area contributed by atoms with Crippen LogP contribution in [0.3, 0.4) is 0 Å². The molecule has 2 heterocycles. The van der Waals surface area contributed by atoms with Crippen LogP contribution in [0, 0.1) is 11.3 Å². The van der Waals surface area contributed by atoms with Gasteiger partial charge in [0.05, 0.1) is 5.56 Å². The zero-order valence-electron chi connectivity index (χ0n) is 14.2. The van der Waals surface area contributed by atoms with Crippen molar-refractivity contribution in [2.75, 3.05) is 5.32 Å². The summed E-state index contributed by atoms with van der Waals surface area (Å²) in [5.41, 5.74) is 3.96. The predicted molar refractivity (Wildman–Crippen MR) is 102 cm³/mol. The Morgan fingerprint density at radius 3 is 2.77 bits per heavy atom. The van der Waals surface area contributed by atoms with Crippen molar-refractivity contribution < 1.29 is 9.36 Å². The summed E-state index contributed by atoms with van der Waals surface area (Å²) in [7, 11) is 0. The van der Waals surface area contributed by atoms with Crippen LogP contribution in [0.25, 0.3) is 11.1 Å². The molecule has 0 radical (unpaired) electrons. The number of carbonyl (C=O) groups excluding carboxylic acids is 1. The van der Waals surface area contributed by atoms with Crippen molar-refractivity contribution in [3.63, 3.8) is 0 Å². The summed E-state index contributed by atoms with van der Waals surface area (Å²) in [5.74, 6) is -0.114. The lowest BCUT2D eigenvalue weighted by Crippen LogP contribution is -2.39. The van der Waals surface area contributed by atoms with Crippen LogP contribution < -0.4 is 9.88 Å². The molecule has 4 rings (SSSR count). The predicted octanol–water partition coefficient (Wildman–Crippen LogP) is 3.70. The number of thiophene rings is 1. The highest BCUT2D eigenvalue weighted by Crippen LogP contribution is 2.38. The second-order valence-corrected chi connectivity index (χ2v) is 7.46. The number of hydrogen-bond donors (Lipinski definition) is 1. The van der Waals surface area contributed by atoms with Gasteiger partial charge in [0.25, 0.3) is 5.91 Å². The van der Waals surface area contributed by atoms with E-state index in [0.29, 0.717) is 10.6 Å². The monoisotopic (exact) mass is 360 g/mol. The quantitative estimate of drug-likeness (QED) is 0.721. The third kappa shape index (κ3) is 3.24. The van der Waals surface area contributed by atoms with Gasteiger partial charge in [-0.15, -0.1) is 11.3 Å². The maximum Gasteiger partial charge on any atom is 0.290 e. The number of aryl methyl sites for hydroxylation is 1. The van der Waals surface area contributed by atoms with Gasteiger partial charge in [-0.1, -0.05) is 30.3 Å². The third-order valence-electron chi connectivity index (χ3n) is 4.58. The number of anilines is 1. The van der Waals surface area contributed by atoms with Gasteiger partial charge in [-0.3, -0.25) is 4.79 Å². The highest BCUT2D eigenvalue weighted by Gasteiger charge is 2.23. The van der Waals surface area contributed by atoms with E-state index in [1.54, 1.807) is 11.3 Å². The molecule has 0 saturated heterocycles. The van der Waals surface area contributed by atoms with Crippen molar-refractivity contribution in [1.82, 2.24) is 0 Å². The van der Waals surface area contributed by atoms with Crippen LogP contribution in [-0.4, -0.2) is 5.91 Å². The zero-order valence-corrected chi connectivity index (χ0v) is 15.1. The second kappa shape index (κ2) is 7.11. The molecule has 26 heavy (non-hydrogen) atoms. The summed E-state index contributed by atoms with van der Waals surface area (Å²) in [4.78, 5) is 13.7. The van der Waals surface area contributed by atoms with Crippen LogP contribution in [0.2, 0.25) is 0 Å². The van der Waals surface area contributed by atoms with Crippen LogP contribution in [-0.2, 0) is 24.2 Å². The van der Waals surface area contributed by atoms with E-state index in [1.165, 1.54) is 4.88 Å². The summed E-state index contributed by atoms with van der Waals surface area (Å²) >= 11 is 1.55. The summed E-state index contributed by atoms with van der Waals surface area (Å²) < 4.78 is 1.87. The molecule has 0 saturated carbocycles. The van der Waals surface area contributed by atoms with Gasteiger partial charge in [0.15, 0.2) is 12.4 Å². The zero-order chi connectivity index (χ0) is 17.9. The van der Waals surface area contributed by atoms with Gasteiger partial charge in [0.2, 0.25) is 6.54 Å². The Bertz CT molecular complexity index is 1000. The molecule has 1 N–H and O–H groups in total. The van der Waals surface area contributed by atoms with Crippen LogP contribution in [0.4, 0.5) is 5.00 Å². The van der Waals surface area contributed by atoms with Crippen molar-refractivity contribution in [1.29, 1.82) is 5.26 Å². The van der Waals surface area contributed by atoms with Crippen molar-refractivity contribution in [3.05, 3.63) is 70.9 Å². The lowest BCUT2D eigenvalue weighted by atomic mass is 10.1. The molecule has 0 spiro atoms. The number of pyridine rings is 1. The fourth-order valence-electron chi connectivity index (χ4n) is 3.36. The van der Waals surface area contributed by atoms with Crippen molar-refractivity contribution in [2.24, 2.45) is 0 Å². The van der Waals surface area contributed by atoms with E-state index in [-0.39, 0.29) is 12.5 Å². The lowest BCUT2D eigenvalue weighted by Gasteiger charge is -2.03. The number of amides is 1. The average Bonchev–Trinajstić information content (AvgIpc) is 3.23. The van der Waals surface area contributed by atoms with Crippen LogP contribution in [0.5, 0.6) is 0 Å². The molecule has 1 amide bonds. The van der Waals surface area contributed by atoms with E-state index in [0.717, 1.165) is 36.0 Å². The van der Waals surface area contributed by atoms with Crippen molar-refractivity contribution in [3.8, 4) is 17.2 Å². The van der Waals surface area contributed by atoms with Crippen molar-refractivity contribution in [2.45, 2.75) is 25.8 Å². The van der Waals surface area contributed by atoms with Gasteiger partial charge < -0.3 is 5.32 Å². The summed E-state index contributed by atoms with van der Waals surface area (Å²) in [6.45, 7) is 0.216. The maximum atomic E-state index is 12.5. The minimum Gasteiger partial charge on any atom is -0.311 e. The number of benzene rings is 1. The maximum absolute atomic E-state index is 12.5. The Morgan fingerprint density at radius 2 is 1.96 bits per heavy atom. The molecule has 2 aromatic heterocycles. The van der Waals surface area contributed by atoms with Crippen LogP contribution in [0.1, 0.15) is 22.4 Å². The molecule has 0 atom stereocenters. The van der Waals surface area contributed by atoms with Gasteiger partial charge in [-0.25, -0.2) is 0 Å². The highest BCUT2D eigenvalue weighted by atomic mass is 32.1. The molecule has 0 unspecified atom stereocenters. The van der Waals surface area contributed by atoms with Crippen LogP contribution >= 0.6 is 11.3 Å². The van der Waals surface area contributed by atoms with Gasteiger partial charge in [0.1, 0.15) is 11.1 Å². The highest BCUT2D eigenvalue weighted by molar-refractivity contribution is 7.16. The van der Waals surface area contributed by atoms with E-state index in [4.69, 9.17) is 0 Å². The van der Waals surface area contributed by atoms with Gasteiger partial charge in [-0.05, 0) is 36.5 Å². The first-order chi connectivity index (χ1) is 12.7. The normalized spacial score (nSPS) is 12.4. The minimum atomic E-state index is -0.114. The molecular formula is C21H18N3OS+. The molecule has 1 aliphatic carbocycles. The fourth-order valence-corrected chi connectivity index (χ4v) is 4.62. The van der Waals surface area contributed by atoms with E-state index < -0.39 is 0 Å². The van der Waals surface area contributed by atoms with E-state index in [1.807, 2.05) is 59.4 Å². The largest absolute Gasteiger partial charge is 0.311 e. The number of aromatic nitrogens is 1. The molecule has 1 aliphatic rings. The van der Waals surface area contributed by atoms with E-state index in [9.17, 15) is 10.1 Å². The standard InChI is InChI=1S/C21H17N3OS/c22-12-18-17-9-4-10-19(17)26-21(18)23-20(25)14-24-11-5-8-16(13-24)15-6-2-1-3-7-15/h1-3,5-8,11,13H,4,9-10,14H2/p+1. The van der Waals surface area contributed by atoms with Crippen LogP contribution in [0.15, 0.2) is 54.9 Å². The van der Waals surface area contributed by atoms with E-state index >= 15 is 0 Å². The molecule has 4 nitrogen and oxygen atoms in total. The Kier molecular flexibility index (Phi) is 4.51. The Labute approximate surface area is 156 Å². The number of hydrogen-bond acceptors (Lipinski definition) is 3. The van der Waals surface area contributed by atoms with Gasteiger partial charge in [0, 0.05) is 16.5 Å². The molecule has 3 aromatic rings. The Morgan fingerprint density at radius 1 is 1.15 bits per heavy atom. The Balaban J connectivity index is 1.50. The number of carbonyl (C=O) groups is 1. The molecule has 0 fully saturated rings. The molecule has 0 aliphatic heterocycles.